The Morgan fingerprint density at radius 1 is 0.742 bits per heavy atom. The molecule has 0 radical (unpaired) electrons. The van der Waals surface area contributed by atoms with Crippen molar-refractivity contribution >= 4 is 0 Å². The van der Waals surface area contributed by atoms with E-state index in [1.165, 1.54) is 64.2 Å². The fourth-order valence-corrected chi connectivity index (χ4v) is 3.93. The maximum atomic E-state index is 6.14. The molecule has 0 aromatic carbocycles. The molecule has 1 aliphatic carbocycles. The Hall–Kier alpha value is -0.900. The molecule has 0 saturated heterocycles. The van der Waals surface area contributed by atoms with Crippen LogP contribution < -0.4 is 0 Å². The Balaban J connectivity index is 2.12. The second kappa shape index (κ2) is 22.3. The molecule has 0 heterocycles. The third-order valence-electron chi connectivity index (χ3n) is 5.94. The van der Waals surface area contributed by atoms with Crippen LogP contribution in [0.3, 0.4) is 0 Å². The number of hydrogen-bond acceptors (Lipinski definition) is 3. The van der Waals surface area contributed by atoms with Gasteiger partial charge in [-0.2, -0.15) is 0 Å². The molecule has 0 bridgehead atoms. The lowest BCUT2D eigenvalue weighted by molar-refractivity contribution is -0.0661. The highest BCUT2D eigenvalue weighted by Gasteiger charge is 2.14. The van der Waals surface area contributed by atoms with Crippen LogP contribution in [0, 0.1) is 5.92 Å². The van der Waals surface area contributed by atoms with Crippen LogP contribution >= 0.6 is 0 Å². The summed E-state index contributed by atoms with van der Waals surface area (Å²) >= 11 is 0. The van der Waals surface area contributed by atoms with Gasteiger partial charge in [-0.05, 0) is 63.7 Å². The lowest BCUT2D eigenvalue weighted by atomic mass is 9.95. The van der Waals surface area contributed by atoms with E-state index in [1.807, 2.05) is 12.2 Å². The fraction of sp³-hybridized carbons (Fsp3) is 0.786. The van der Waals surface area contributed by atoms with Gasteiger partial charge in [-0.1, -0.05) is 62.8 Å². The molecule has 0 saturated carbocycles. The fourth-order valence-electron chi connectivity index (χ4n) is 3.93. The molecule has 1 aliphatic rings. The maximum absolute atomic E-state index is 6.14. The highest BCUT2D eigenvalue weighted by atomic mass is 16.6. The summed E-state index contributed by atoms with van der Waals surface area (Å²) < 4.78 is 18.1. The SMILES string of the molecule is C=CCCCCCCCOCC(COCC1CC=CCC1)OCCCCCCCC=C. The second-order valence-electron chi connectivity index (χ2n) is 8.95. The summed E-state index contributed by atoms with van der Waals surface area (Å²) in [6, 6.07) is 0. The van der Waals surface area contributed by atoms with Gasteiger partial charge in [0.25, 0.3) is 0 Å². The lowest BCUT2D eigenvalue weighted by Gasteiger charge is -2.21. The molecule has 0 aliphatic heterocycles. The van der Waals surface area contributed by atoms with Crippen molar-refractivity contribution in [2.45, 2.75) is 102 Å². The average molecular weight is 435 g/mol. The number of unbranched alkanes of at least 4 members (excludes halogenated alkanes) is 10. The summed E-state index contributed by atoms with van der Waals surface area (Å²) in [5, 5.41) is 0. The van der Waals surface area contributed by atoms with E-state index in [-0.39, 0.29) is 6.10 Å². The normalized spacial score (nSPS) is 17.0. The van der Waals surface area contributed by atoms with Crippen LogP contribution in [0.15, 0.2) is 37.5 Å². The van der Waals surface area contributed by atoms with Gasteiger partial charge in [0.2, 0.25) is 0 Å². The predicted octanol–water partition coefficient (Wildman–Crippen LogP) is 7.81. The number of allylic oxidation sites excluding steroid dienone is 4. The van der Waals surface area contributed by atoms with E-state index in [0.717, 1.165) is 51.9 Å². The monoisotopic (exact) mass is 434 g/mol. The molecule has 180 valence electrons. The summed E-state index contributed by atoms with van der Waals surface area (Å²) in [4.78, 5) is 0. The zero-order valence-corrected chi connectivity index (χ0v) is 20.2. The molecule has 31 heavy (non-hydrogen) atoms. The molecule has 0 aromatic heterocycles. The minimum atomic E-state index is 0.0625. The van der Waals surface area contributed by atoms with Gasteiger partial charge in [-0.15, -0.1) is 13.2 Å². The van der Waals surface area contributed by atoms with E-state index in [0.29, 0.717) is 19.1 Å². The van der Waals surface area contributed by atoms with E-state index in [2.05, 4.69) is 25.3 Å². The Bertz CT molecular complexity index is 432. The van der Waals surface area contributed by atoms with Gasteiger partial charge in [0.05, 0.1) is 13.2 Å². The molecule has 0 N–H and O–H groups in total. The molecule has 2 unspecified atom stereocenters. The van der Waals surface area contributed by atoms with Gasteiger partial charge >= 0.3 is 0 Å². The van der Waals surface area contributed by atoms with Crippen LogP contribution in [0.4, 0.5) is 0 Å². The van der Waals surface area contributed by atoms with Crippen molar-refractivity contribution in [3.63, 3.8) is 0 Å². The molecule has 0 amide bonds. The van der Waals surface area contributed by atoms with Crippen LogP contribution in [0.25, 0.3) is 0 Å². The second-order valence-corrected chi connectivity index (χ2v) is 8.95. The summed E-state index contributed by atoms with van der Waals surface area (Å²) in [6.07, 6.45) is 27.0. The van der Waals surface area contributed by atoms with Gasteiger partial charge in [-0.3, -0.25) is 0 Å². The number of ether oxygens (including phenoxy) is 3. The molecule has 3 nitrogen and oxygen atoms in total. The van der Waals surface area contributed by atoms with Gasteiger partial charge in [0, 0.05) is 19.8 Å². The zero-order chi connectivity index (χ0) is 22.2. The Kier molecular flexibility index (Phi) is 20.2. The number of hydrogen-bond donors (Lipinski definition) is 0. The van der Waals surface area contributed by atoms with E-state index < -0.39 is 0 Å². The molecule has 3 heteroatoms. The van der Waals surface area contributed by atoms with Crippen molar-refractivity contribution < 1.29 is 14.2 Å². The van der Waals surface area contributed by atoms with Crippen molar-refractivity contribution in [2.75, 3.05) is 33.0 Å². The van der Waals surface area contributed by atoms with Crippen LogP contribution in [0.1, 0.15) is 96.3 Å². The Morgan fingerprint density at radius 3 is 2.00 bits per heavy atom. The third-order valence-corrected chi connectivity index (χ3v) is 5.94. The van der Waals surface area contributed by atoms with Crippen LogP contribution in [0.5, 0.6) is 0 Å². The number of rotatable bonds is 23. The first kappa shape index (κ1) is 28.1. The summed E-state index contributed by atoms with van der Waals surface area (Å²) in [5.41, 5.74) is 0. The molecule has 2 atom stereocenters. The first-order chi connectivity index (χ1) is 15.4. The molecular weight excluding hydrogens is 384 g/mol. The topological polar surface area (TPSA) is 27.7 Å². The molecule has 0 fully saturated rings. The standard InChI is InChI=1S/C28H50O3/c1-3-5-7-9-11-13-18-22-29-25-28(26-30-24-27-20-16-15-17-21-27)31-23-19-14-12-10-8-6-4-2/h3-4,15-16,27-28H,1-2,5-14,17-26H2. The Morgan fingerprint density at radius 2 is 1.35 bits per heavy atom. The van der Waals surface area contributed by atoms with E-state index in [4.69, 9.17) is 14.2 Å². The molecule has 1 rings (SSSR count). The maximum Gasteiger partial charge on any atom is 0.104 e. The Labute approximate surface area is 193 Å². The largest absolute Gasteiger partial charge is 0.379 e. The van der Waals surface area contributed by atoms with Gasteiger partial charge < -0.3 is 14.2 Å². The highest BCUT2D eigenvalue weighted by Crippen LogP contribution is 2.18. The lowest BCUT2D eigenvalue weighted by Crippen LogP contribution is -2.28. The minimum Gasteiger partial charge on any atom is -0.379 e. The third kappa shape index (κ3) is 18.4. The predicted molar refractivity (Wildman–Crippen MR) is 134 cm³/mol. The van der Waals surface area contributed by atoms with Gasteiger partial charge in [0.1, 0.15) is 6.10 Å². The van der Waals surface area contributed by atoms with Gasteiger partial charge in [0.15, 0.2) is 0 Å². The minimum absolute atomic E-state index is 0.0625. The first-order valence-corrected chi connectivity index (χ1v) is 13.0. The van der Waals surface area contributed by atoms with E-state index in [1.54, 1.807) is 0 Å². The van der Waals surface area contributed by atoms with Gasteiger partial charge in [-0.25, -0.2) is 0 Å². The highest BCUT2D eigenvalue weighted by molar-refractivity contribution is 4.89. The average Bonchev–Trinajstić information content (AvgIpc) is 2.80. The molecule has 0 spiro atoms. The van der Waals surface area contributed by atoms with Crippen molar-refractivity contribution in [3.05, 3.63) is 37.5 Å². The van der Waals surface area contributed by atoms with Crippen molar-refractivity contribution in [1.82, 2.24) is 0 Å². The van der Waals surface area contributed by atoms with Crippen molar-refractivity contribution in [1.29, 1.82) is 0 Å². The quantitative estimate of drug-likeness (QED) is 0.121. The summed E-state index contributed by atoms with van der Waals surface area (Å²) in [6.45, 7) is 11.4. The molecule has 0 aromatic rings. The van der Waals surface area contributed by atoms with Crippen LogP contribution in [-0.4, -0.2) is 39.1 Å². The van der Waals surface area contributed by atoms with Crippen LogP contribution in [0.2, 0.25) is 0 Å². The summed E-state index contributed by atoms with van der Waals surface area (Å²) in [5.74, 6) is 0.670. The van der Waals surface area contributed by atoms with Crippen molar-refractivity contribution in [2.24, 2.45) is 5.92 Å². The van der Waals surface area contributed by atoms with E-state index >= 15 is 0 Å². The van der Waals surface area contributed by atoms with E-state index in [9.17, 15) is 0 Å². The zero-order valence-electron chi connectivity index (χ0n) is 20.2. The van der Waals surface area contributed by atoms with Crippen molar-refractivity contribution in [3.8, 4) is 0 Å². The first-order valence-electron chi connectivity index (χ1n) is 13.0. The molecular formula is C28H50O3. The van der Waals surface area contributed by atoms with Crippen LogP contribution in [-0.2, 0) is 14.2 Å². The smallest absolute Gasteiger partial charge is 0.104 e. The summed E-state index contributed by atoms with van der Waals surface area (Å²) in [7, 11) is 0.